The minimum absolute atomic E-state index is 0. The van der Waals surface area contributed by atoms with Crippen molar-refractivity contribution in [2.45, 2.75) is 18.4 Å². The van der Waals surface area contributed by atoms with E-state index in [1.807, 2.05) is 18.2 Å². The van der Waals surface area contributed by atoms with Crippen LogP contribution in [0.3, 0.4) is 0 Å². The summed E-state index contributed by atoms with van der Waals surface area (Å²) in [4.78, 5) is 2.18. The number of hydrogen-bond acceptors (Lipinski definition) is 2. The van der Waals surface area contributed by atoms with Gasteiger partial charge in [0.05, 0.1) is 14.5 Å². The van der Waals surface area contributed by atoms with Gasteiger partial charge in [0.25, 0.3) is 0 Å². The van der Waals surface area contributed by atoms with Gasteiger partial charge in [0, 0.05) is 12.5 Å². The number of piperidine rings is 1. The molecule has 1 saturated heterocycles. The monoisotopic (exact) mass is 205 g/mol. The Kier molecular flexibility index (Phi) is 4.36. The van der Waals surface area contributed by atoms with Crippen molar-refractivity contribution >= 4 is 8.41 Å². The molecule has 2 nitrogen and oxygen atoms in total. The second kappa shape index (κ2) is 5.33. The number of likely N-dealkylation sites (tertiary alicyclic amines) is 1. The minimum atomic E-state index is -0.212. The van der Waals surface area contributed by atoms with E-state index < -0.39 is 0 Å². The van der Waals surface area contributed by atoms with Gasteiger partial charge in [-0.1, -0.05) is 30.3 Å². The van der Waals surface area contributed by atoms with E-state index in [2.05, 4.69) is 24.1 Å². The molecule has 2 atom stereocenters. The number of β-amino-alcohol motifs (C(OH)–C–C–N with tert-alkyl or cyclic N) is 1. The highest BCUT2D eigenvalue weighted by Gasteiger charge is 2.26. The molecule has 0 spiro atoms. The van der Waals surface area contributed by atoms with E-state index in [1.54, 1.807) is 0 Å². The van der Waals surface area contributed by atoms with Crippen LogP contribution in [-0.2, 0) is 0 Å². The first-order chi connectivity index (χ1) is 6.77. The third-order valence-electron chi connectivity index (χ3n) is 3.01. The fourth-order valence-corrected chi connectivity index (χ4v) is 2.18. The van der Waals surface area contributed by atoms with Crippen LogP contribution in [0.15, 0.2) is 30.3 Å². The largest absolute Gasteiger partial charge is 0.391 e. The van der Waals surface area contributed by atoms with E-state index in [1.165, 1.54) is 5.56 Å². The normalized spacial score (nSPS) is 27.1. The molecule has 0 saturated carbocycles. The maximum atomic E-state index is 9.95. The Morgan fingerprint density at radius 1 is 1.27 bits per heavy atom. The van der Waals surface area contributed by atoms with Gasteiger partial charge in [-0.3, -0.25) is 0 Å². The second-order valence-corrected chi connectivity index (χ2v) is 4.14. The highest BCUT2D eigenvalue weighted by Crippen LogP contribution is 2.27. The van der Waals surface area contributed by atoms with Gasteiger partial charge >= 0.3 is 0 Å². The molecule has 1 heterocycles. The third kappa shape index (κ3) is 2.83. The topological polar surface area (TPSA) is 23.5 Å². The van der Waals surface area contributed by atoms with Crippen molar-refractivity contribution in [1.82, 2.24) is 4.90 Å². The van der Waals surface area contributed by atoms with Gasteiger partial charge in [0.2, 0.25) is 0 Å². The Bertz CT molecular complexity index is 291. The average molecular weight is 205 g/mol. The molecule has 0 amide bonds. The standard InChI is InChI=1S/C12H17NO.BH3/c1-13-8-7-11(12(14)9-13)10-5-3-2-4-6-10;/h2-6,11-12,14H,7-9H2,1H3;1H3. The molecule has 2 rings (SSSR count). The van der Waals surface area contributed by atoms with Crippen LogP contribution in [0, 0.1) is 0 Å². The van der Waals surface area contributed by atoms with Crippen LogP contribution in [-0.4, -0.2) is 44.7 Å². The van der Waals surface area contributed by atoms with E-state index in [0.717, 1.165) is 19.5 Å². The van der Waals surface area contributed by atoms with Crippen LogP contribution in [0.4, 0.5) is 0 Å². The highest BCUT2D eigenvalue weighted by molar-refractivity contribution is 5.75. The molecule has 1 aliphatic rings. The zero-order valence-electron chi connectivity index (χ0n) is 8.56. The maximum Gasteiger partial charge on any atom is 0.0814 e. The number of aliphatic hydroxyl groups is 1. The molecule has 0 radical (unpaired) electrons. The SMILES string of the molecule is B.CN1CCC(c2ccccc2)C(O)C1. The molecule has 0 bridgehead atoms. The summed E-state index contributed by atoms with van der Waals surface area (Å²) in [5.74, 6) is 0.326. The Morgan fingerprint density at radius 3 is 2.53 bits per heavy atom. The first-order valence-corrected chi connectivity index (χ1v) is 5.19. The second-order valence-electron chi connectivity index (χ2n) is 4.14. The molecule has 82 valence electrons. The summed E-state index contributed by atoms with van der Waals surface area (Å²) in [6, 6.07) is 10.3. The van der Waals surface area contributed by atoms with Crippen LogP contribution in [0.5, 0.6) is 0 Å². The molecule has 0 aliphatic carbocycles. The van der Waals surface area contributed by atoms with E-state index in [0.29, 0.717) is 5.92 Å². The Balaban J connectivity index is 0.00000112. The first kappa shape index (κ1) is 12.3. The van der Waals surface area contributed by atoms with E-state index >= 15 is 0 Å². The lowest BCUT2D eigenvalue weighted by Gasteiger charge is -2.33. The first-order valence-electron chi connectivity index (χ1n) is 5.19. The van der Waals surface area contributed by atoms with Crippen LogP contribution < -0.4 is 0 Å². The summed E-state index contributed by atoms with van der Waals surface area (Å²) in [5, 5.41) is 9.95. The zero-order chi connectivity index (χ0) is 9.97. The summed E-state index contributed by atoms with van der Waals surface area (Å²) in [5.41, 5.74) is 1.27. The highest BCUT2D eigenvalue weighted by atomic mass is 16.3. The van der Waals surface area contributed by atoms with Crippen molar-refractivity contribution in [1.29, 1.82) is 0 Å². The number of rotatable bonds is 1. The molecule has 1 aromatic carbocycles. The summed E-state index contributed by atoms with van der Waals surface area (Å²) >= 11 is 0. The summed E-state index contributed by atoms with van der Waals surface area (Å²) < 4.78 is 0. The van der Waals surface area contributed by atoms with Crippen molar-refractivity contribution < 1.29 is 5.11 Å². The minimum Gasteiger partial charge on any atom is -0.391 e. The van der Waals surface area contributed by atoms with Crippen molar-refractivity contribution in [2.75, 3.05) is 20.1 Å². The number of nitrogens with zero attached hydrogens (tertiary/aromatic N) is 1. The van der Waals surface area contributed by atoms with Crippen molar-refractivity contribution in [3.63, 3.8) is 0 Å². The fourth-order valence-electron chi connectivity index (χ4n) is 2.18. The van der Waals surface area contributed by atoms with E-state index in [4.69, 9.17) is 0 Å². The van der Waals surface area contributed by atoms with Crippen molar-refractivity contribution in [2.24, 2.45) is 0 Å². The molecule has 0 aromatic heterocycles. The fraction of sp³-hybridized carbons (Fsp3) is 0.500. The smallest absolute Gasteiger partial charge is 0.0814 e. The molecule has 1 fully saturated rings. The van der Waals surface area contributed by atoms with Gasteiger partial charge in [0.15, 0.2) is 0 Å². The van der Waals surface area contributed by atoms with Gasteiger partial charge in [-0.05, 0) is 25.6 Å². The van der Waals surface area contributed by atoms with E-state index in [-0.39, 0.29) is 14.5 Å². The maximum absolute atomic E-state index is 9.95. The molecule has 2 unspecified atom stereocenters. The van der Waals surface area contributed by atoms with Crippen molar-refractivity contribution in [3.8, 4) is 0 Å². The van der Waals surface area contributed by atoms with Gasteiger partial charge < -0.3 is 10.0 Å². The predicted molar refractivity (Wildman–Crippen MR) is 67.2 cm³/mol. The number of aliphatic hydroxyl groups excluding tert-OH is 1. The number of hydrogen-bond donors (Lipinski definition) is 1. The summed E-state index contributed by atoms with van der Waals surface area (Å²) in [6.45, 7) is 1.87. The van der Waals surface area contributed by atoms with Crippen LogP contribution in [0.1, 0.15) is 17.9 Å². The van der Waals surface area contributed by atoms with Gasteiger partial charge in [-0.25, -0.2) is 0 Å². The summed E-state index contributed by atoms with van der Waals surface area (Å²) in [6.07, 6.45) is 0.845. The lowest BCUT2D eigenvalue weighted by molar-refractivity contribution is 0.0638. The average Bonchev–Trinajstić information content (AvgIpc) is 2.19. The van der Waals surface area contributed by atoms with E-state index in [9.17, 15) is 5.11 Å². The van der Waals surface area contributed by atoms with Crippen LogP contribution in [0.2, 0.25) is 0 Å². The Labute approximate surface area is 93.5 Å². The molecule has 1 aliphatic heterocycles. The Morgan fingerprint density at radius 2 is 1.93 bits per heavy atom. The van der Waals surface area contributed by atoms with Gasteiger partial charge in [-0.2, -0.15) is 0 Å². The molecule has 1 aromatic rings. The number of benzene rings is 1. The van der Waals surface area contributed by atoms with Crippen LogP contribution in [0.25, 0.3) is 0 Å². The lowest BCUT2D eigenvalue weighted by Crippen LogP contribution is -2.40. The zero-order valence-corrected chi connectivity index (χ0v) is 8.56. The molecular formula is C12H20BNO. The number of likely N-dealkylation sites (N-methyl/N-ethyl adjacent to an activating group) is 1. The third-order valence-corrected chi connectivity index (χ3v) is 3.01. The van der Waals surface area contributed by atoms with Gasteiger partial charge in [0.1, 0.15) is 0 Å². The predicted octanol–water partition coefficient (Wildman–Crippen LogP) is 0.283. The quantitative estimate of drug-likeness (QED) is 0.666. The Hall–Kier alpha value is -0.795. The van der Waals surface area contributed by atoms with Gasteiger partial charge in [-0.15, -0.1) is 0 Å². The van der Waals surface area contributed by atoms with Crippen LogP contribution >= 0.6 is 0 Å². The van der Waals surface area contributed by atoms with Crippen molar-refractivity contribution in [3.05, 3.63) is 35.9 Å². The molecule has 1 N–H and O–H groups in total. The molecule has 15 heavy (non-hydrogen) atoms. The lowest BCUT2D eigenvalue weighted by atomic mass is 9.87. The molecule has 3 heteroatoms. The molecular weight excluding hydrogens is 185 g/mol. The summed E-state index contributed by atoms with van der Waals surface area (Å²) in [7, 11) is 2.06.